The molecule has 0 bridgehead atoms. The van der Waals surface area contributed by atoms with E-state index in [1.807, 2.05) is 6.92 Å². The lowest BCUT2D eigenvalue weighted by molar-refractivity contribution is -0.216. The summed E-state index contributed by atoms with van der Waals surface area (Å²) in [5.41, 5.74) is 8.40. The second-order valence-corrected chi connectivity index (χ2v) is 3.21. The van der Waals surface area contributed by atoms with Gasteiger partial charge in [0.1, 0.15) is 0 Å². The molecule has 1 aliphatic rings. The number of hydrogen-bond acceptors (Lipinski definition) is 4. The number of methoxy groups -OCH3 is 2. The highest BCUT2D eigenvalue weighted by Crippen LogP contribution is 2.24. The molecule has 4 atom stereocenters. The van der Waals surface area contributed by atoms with E-state index >= 15 is 0 Å². The van der Waals surface area contributed by atoms with Crippen LogP contribution in [0.15, 0.2) is 5.11 Å². The molecule has 0 spiro atoms. The van der Waals surface area contributed by atoms with E-state index in [2.05, 4.69) is 10.0 Å². The third kappa shape index (κ3) is 2.36. The van der Waals surface area contributed by atoms with Crippen LogP contribution < -0.4 is 0 Å². The fourth-order valence-electron chi connectivity index (χ4n) is 1.70. The zero-order valence-electron chi connectivity index (χ0n) is 8.58. The third-order valence-electron chi connectivity index (χ3n) is 2.38. The van der Waals surface area contributed by atoms with Crippen LogP contribution in [0.3, 0.4) is 0 Å². The fraction of sp³-hybridized carbons (Fsp3) is 1.00. The zero-order valence-corrected chi connectivity index (χ0v) is 8.58. The van der Waals surface area contributed by atoms with E-state index in [1.165, 1.54) is 0 Å². The summed E-state index contributed by atoms with van der Waals surface area (Å²) in [4.78, 5) is 2.79. The van der Waals surface area contributed by atoms with Crippen molar-refractivity contribution in [2.24, 2.45) is 5.11 Å². The Hall–Kier alpha value is -0.810. The molecule has 1 fully saturated rings. The summed E-state index contributed by atoms with van der Waals surface area (Å²) >= 11 is 0. The number of ether oxygens (including phenoxy) is 3. The molecule has 1 saturated heterocycles. The molecule has 6 heteroatoms. The summed E-state index contributed by atoms with van der Waals surface area (Å²) < 4.78 is 15.8. The molecular weight excluding hydrogens is 186 g/mol. The maximum atomic E-state index is 8.40. The minimum absolute atomic E-state index is 0.130. The minimum atomic E-state index is -0.313. The van der Waals surface area contributed by atoms with E-state index in [9.17, 15) is 0 Å². The second kappa shape index (κ2) is 5.17. The summed E-state index contributed by atoms with van der Waals surface area (Å²) in [6, 6.07) is -0.223. The Morgan fingerprint density at radius 2 is 2.14 bits per heavy atom. The average molecular weight is 201 g/mol. The van der Waals surface area contributed by atoms with Gasteiger partial charge < -0.3 is 14.2 Å². The summed E-state index contributed by atoms with van der Waals surface area (Å²) in [6.45, 7) is 1.87. The summed E-state index contributed by atoms with van der Waals surface area (Å²) in [7, 11) is 3.15. The molecule has 0 amide bonds. The predicted molar refractivity (Wildman–Crippen MR) is 49.7 cm³/mol. The van der Waals surface area contributed by atoms with Crippen LogP contribution in [0.1, 0.15) is 13.3 Å². The molecule has 0 aromatic rings. The van der Waals surface area contributed by atoms with Crippen LogP contribution in [-0.2, 0) is 14.2 Å². The van der Waals surface area contributed by atoms with Crippen LogP contribution in [0, 0.1) is 0 Å². The van der Waals surface area contributed by atoms with Crippen molar-refractivity contribution < 1.29 is 14.2 Å². The molecular formula is C8H15N3O3. The Kier molecular flexibility index (Phi) is 4.16. The molecule has 1 rings (SSSR count). The van der Waals surface area contributed by atoms with Crippen molar-refractivity contribution in [1.82, 2.24) is 0 Å². The van der Waals surface area contributed by atoms with Crippen molar-refractivity contribution in [2.45, 2.75) is 37.9 Å². The first-order valence-electron chi connectivity index (χ1n) is 4.48. The number of nitrogens with zero attached hydrogens (tertiary/aromatic N) is 3. The molecule has 14 heavy (non-hydrogen) atoms. The van der Waals surface area contributed by atoms with E-state index < -0.39 is 0 Å². The van der Waals surface area contributed by atoms with Gasteiger partial charge in [-0.2, -0.15) is 0 Å². The molecule has 0 N–H and O–H groups in total. The maximum absolute atomic E-state index is 8.40. The van der Waals surface area contributed by atoms with Gasteiger partial charge in [-0.1, -0.05) is 5.11 Å². The van der Waals surface area contributed by atoms with E-state index in [1.54, 1.807) is 14.2 Å². The molecule has 1 aliphatic heterocycles. The summed E-state index contributed by atoms with van der Waals surface area (Å²) in [5, 5.41) is 3.68. The van der Waals surface area contributed by atoms with Crippen molar-refractivity contribution in [3.05, 3.63) is 10.4 Å². The topological polar surface area (TPSA) is 76.5 Å². The van der Waals surface area contributed by atoms with Gasteiger partial charge in [-0.15, -0.1) is 0 Å². The van der Waals surface area contributed by atoms with Crippen molar-refractivity contribution in [2.75, 3.05) is 14.2 Å². The van der Waals surface area contributed by atoms with Crippen LogP contribution >= 0.6 is 0 Å². The average Bonchev–Trinajstić information content (AvgIpc) is 2.18. The largest absolute Gasteiger partial charge is 0.378 e. The zero-order chi connectivity index (χ0) is 10.6. The van der Waals surface area contributed by atoms with E-state index in [4.69, 9.17) is 19.7 Å². The third-order valence-corrected chi connectivity index (χ3v) is 2.38. The van der Waals surface area contributed by atoms with Gasteiger partial charge in [0.2, 0.25) is 0 Å². The van der Waals surface area contributed by atoms with Gasteiger partial charge in [0, 0.05) is 25.6 Å². The fourth-order valence-corrected chi connectivity index (χ4v) is 1.70. The number of rotatable bonds is 3. The normalized spacial score (nSPS) is 37.6. The molecule has 0 unspecified atom stereocenters. The monoisotopic (exact) mass is 201 g/mol. The number of azide groups is 1. The Morgan fingerprint density at radius 1 is 1.43 bits per heavy atom. The lowest BCUT2D eigenvalue weighted by Gasteiger charge is -2.36. The highest BCUT2D eigenvalue weighted by molar-refractivity contribution is 4.87. The molecule has 0 radical (unpaired) electrons. The van der Waals surface area contributed by atoms with Crippen LogP contribution in [0.4, 0.5) is 0 Å². The van der Waals surface area contributed by atoms with Crippen LogP contribution in [0.5, 0.6) is 0 Å². The number of hydrogen-bond donors (Lipinski definition) is 0. The Labute approximate surface area is 82.8 Å². The van der Waals surface area contributed by atoms with Gasteiger partial charge in [-0.3, -0.25) is 0 Å². The van der Waals surface area contributed by atoms with Gasteiger partial charge >= 0.3 is 0 Å². The van der Waals surface area contributed by atoms with Gasteiger partial charge in [0.25, 0.3) is 0 Å². The Morgan fingerprint density at radius 3 is 2.64 bits per heavy atom. The van der Waals surface area contributed by atoms with Gasteiger partial charge in [0.05, 0.1) is 18.2 Å². The maximum Gasteiger partial charge on any atom is 0.158 e. The molecule has 0 aromatic heterocycles. The quantitative estimate of drug-likeness (QED) is 0.394. The lowest BCUT2D eigenvalue weighted by Crippen LogP contribution is -2.47. The summed E-state index contributed by atoms with van der Waals surface area (Å²) in [5.74, 6) is 0. The van der Waals surface area contributed by atoms with Crippen LogP contribution in [0.25, 0.3) is 10.4 Å². The Bertz CT molecular complexity index is 230. The van der Waals surface area contributed by atoms with Gasteiger partial charge in [-0.25, -0.2) is 0 Å². The van der Waals surface area contributed by atoms with E-state index in [-0.39, 0.29) is 24.5 Å². The van der Waals surface area contributed by atoms with Crippen LogP contribution in [0.2, 0.25) is 0 Å². The standard InChI is InChI=1S/C8H15N3O3/c1-5-8(13-3)6(10-11-9)4-7(12-2)14-5/h5-8H,4H2,1-3H3/t5-,6+,7+,8+/m1/s1. The van der Waals surface area contributed by atoms with E-state index in [0.717, 1.165) is 0 Å². The molecule has 80 valence electrons. The first kappa shape index (κ1) is 11.3. The molecule has 6 nitrogen and oxygen atoms in total. The van der Waals surface area contributed by atoms with Crippen LogP contribution in [-0.4, -0.2) is 38.8 Å². The highest BCUT2D eigenvalue weighted by Gasteiger charge is 2.36. The van der Waals surface area contributed by atoms with Gasteiger partial charge in [0.15, 0.2) is 6.29 Å². The van der Waals surface area contributed by atoms with Crippen molar-refractivity contribution >= 4 is 0 Å². The molecule has 0 saturated carbocycles. The SMILES string of the molecule is CO[C@@H]1C[C@H](N=[N+]=[N-])[C@@H](OC)[C@@H](C)O1. The molecule has 0 aliphatic carbocycles. The summed E-state index contributed by atoms with van der Waals surface area (Å²) in [6.07, 6.45) is -0.109. The molecule has 1 heterocycles. The van der Waals surface area contributed by atoms with Gasteiger partial charge in [-0.05, 0) is 12.5 Å². The predicted octanol–water partition coefficient (Wildman–Crippen LogP) is 1.46. The minimum Gasteiger partial charge on any atom is -0.378 e. The van der Waals surface area contributed by atoms with Crippen molar-refractivity contribution in [3.8, 4) is 0 Å². The van der Waals surface area contributed by atoms with Crippen molar-refractivity contribution in [1.29, 1.82) is 0 Å². The molecule has 0 aromatic carbocycles. The highest BCUT2D eigenvalue weighted by atomic mass is 16.7. The first-order chi connectivity index (χ1) is 6.72. The van der Waals surface area contributed by atoms with E-state index in [0.29, 0.717) is 6.42 Å². The smallest absolute Gasteiger partial charge is 0.158 e. The Balaban J connectivity index is 2.71. The lowest BCUT2D eigenvalue weighted by atomic mass is 10.0. The second-order valence-electron chi connectivity index (χ2n) is 3.21. The van der Waals surface area contributed by atoms with Crippen molar-refractivity contribution in [3.63, 3.8) is 0 Å². The first-order valence-corrected chi connectivity index (χ1v) is 4.48.